The second-order valence-corrected chi connectivity index (χ2v) is 10.2. The molecular weight excluding hydrogens is 482 g/mol. The van der Waals surface area contributed by atoms with Crippen molar-refractivity contribution in [3.8, 4) is 5.75 Å². The second-order valence-electron chi connectivity index (χ2n) is 8.57. The summed E-state index contributed by atoms with van der Waals surface area (Å²) < 4.78 is 36.0. The largest absolute Gasteiger partial charge is 0.508 e. The fraction of sp³-hybridized carbons (Fsp3) is 0.292. The average Bonchev–Trinajstić information content (AvgIpc) is 3.19. The molecule has 4 aromatic rings. The van der Waals surface area contributed by atoms with Gasteiger partial charge in [0.1, 0.15) is 11.6 Å². The van der Waals surface area contributed by atoms with E-state index in [0.29, 0.717) is 42.1 Å². The molecule has 11 nitrogen and oxygen atoms in total. The van der Waals surface area contributed by atoms with Crippen LogP contribution < -0.4 is 10.0 Å². The van der Waals surface area contributed by atoms with Gasteiger partial charge in [0.15, 0.2) is 16.7 Å². The summed E-state index contributed by atoms with van der Waals surface area (Å²) in [5, 5.41) is 13.1. The van der Waals surface area contributed by atoms with Gasteiger partial charge < -0.3 is 24.6 Å². The van der Waals surface area contributed by atoms with Gasteiger partial charge in [-0.25, -0.2) is 15.0 Å². The number of anilines is 3. The summed E-state index contributed by atoms with van der Waals surface area (Å²) >= 11 is 0. The molecule has 0 radical (unpaired) electrons. The number of phenolic OH excluding ortho intramolecular Hbond substituents is 1. The minimum Gasteiger partial charge on any atom is -0.508 e. The number of imidazole rings is 1. The lowest BCUT2D eigenvalue weighted by atomic mass is 10.1. The molecule has 0 fully saturated rings. The number of benzene rings is 2. The van der Waals surface area contributed by atoms with Crippen LogP contribution in [0.2, 0.25) is 0 Å². The minimum atomic E-state index is -4.08. The number of nitrogens with zero attached hydrogens (tertiary/aromatic N) is 5. The smallest absolute Gasteiger partial charge is 0.282 e. The van der Waals surface area contributed by atoms with Crippen LogP contribution in [-0.4, -0.2) is 65.8 Å². The average molecular weight is 512 g/mol. The highest BCUT2D eigenvalue weighted by Gasteiger charge is 2.23. The van der Waals surface area contributed by atoms with Gasteiger partial charge in [0, 0.05) is 32.1 Å². The van der Waals surface area contributed by atoms with Gasteiger partial charge in [-0.2, -0.15) is 8.42 Å². The third-order valence-corrected chi connectivity index (χ3v) is 6.62. The number of aromatic hydroxyl groups is 1. The molecule has 2 aromatic carbocycles. The monoisotopic (exact) mass is 511 g/mol. The molecule has 0 bridgehead atoms. The van der Waals surface area contributed by atoms with Crippen LogP contribution in [0.4, 0.5) is 17.3 Å². The maximum Gasteiger partial charge on any atom is 0.282 e. The van der Waals surface area contributed by atoms with Crippen molar-refractivity contribution in [2.24, 2.45) is 7.05 Å². The van der Waals surface area contributed by atoms with Gasteiger partial charge in [-0.3, -0.25) is 4.72 Å². The first-order valence-corrected chi connectivity index (χ1v) is 12.7. The fourth-order valence-corrected chi connectivity index (χ4v) is 4.63. The number of aryl methyl sites for hydroxylation is 1. The number of fused-ring (bicyclic) bond motifs is 1. The quantitative estimate of drug-likeness (QED) is 0.294. The zero-order valence-corrected chi connectivity index (χ0v) is 21.4. The Kier molecular flexibility index (Phi) is 7.38. The van der Waals surface area contributed by atoms with E-state index in [0.717, 1.165) is 5.56 Å². The van der Waals surface area contributed by atoms with Gasteiger partial charge in [0.05, 0.1) is 24.2 Å². The Balaban J connectivity index is 1.75. The van der Waals surface area contributed by atoms with E-state index in [-0.39, 0.29) is 22.4 Å². The van der Waals surface area contributed by atoms with Gasteiger partial charge in [0.2, 0.25) is 0 Å². The van der Waals surface area contributed by atoms with Gasteiger partial charge in [-0.05, 0) is 44.3 Å². The lowest BCUT2D eigenvalue weighted by molar-refractivity contribution is 0.202. The van der Waals surface area contributed by atoms with E-state index in [1.165, 1.54) is 6.20 Å². The van der Waals surface area contributed by atoms with Crippen LogP contribution in [0.15, 0.2) is 53.7 Å². The number of hydrogen-bond acceptors (Lipinski definition) is 9. The molecule has 0 saturated carbocycles. The number of nitrogens with one attached hydrogen (secondary N) is 2. The second kappa shape index (κ2) is 10.5. The first kappa shape index (κ1) is 25.4. The van der Waals surface area contributed by atoms with E-state index in [9.17, 15) is 13.5 Å². The Morgan fingerprint density at radius 3 is 2.42 bits per heavy atom. The molecule has 2 aromatic heterocycles. The summed E-state index contributed by atoms with van der Waals surface area (Å²) in [7, 11) is 3.04. The summed E-state index contributed by atoms with van der Waals surface area (Å²) in [5.41, 5.74) is 2.51. The van der Waals surface area contributed by atoms with Crippen LogP contribution in [-0.2, 0) is 34.8 Å². The highest BCUT2D eigenvalue weighted by Crippen LogP contribution is 2.30. The molecule has 0 unspecified atom stereocenters. The van der Waals surface area contributed by atoms with Crippen LogP contribution in [0.25, 0.3) is 11.0 Å². The van der Waals surface area contributed by atoms with Crippen LogP contribution in [0.3, 0.4) is 0 Å². The predicted octanol–water partition coefficient (Wildman–Crippen LogP) is 2.86. The number of para-hydroxylation sites is 2. The highest BCUT2D eigenvalue weighted by molar-refractivity contribution is 7.92. The molecule has 0 atom stereocenters. The first-order valence-electron chi connectivity index (χ1n) is 11.2. The van der Waals surface area contributed by atoms with E-state index < -0.39 is 10.0 Å². The number of hydrogen-bond donors (Lipinski definition) is 3. The predicted molar refractivity (Wildman–Crippen MR) is 138 cm³/mol. The number of sulfonamides is 1. The molecule has 3 N–H and O–H groups in total. The number of rotatable bonds is 10. The molecule has 36 heavy (non-hydrogen) atoms. The molecule has 0 aliphatic heterocycles. The molecule has 190 valence electrons. The standard InChI is InChI=1S/C24H29N7O4S/c1-30(2)14-21-28-22(15-31(21)3)36(33,34)29-24-23(25-18-7-5-6-8-19(18)26-24)27-20-13-17(32)10-9-16(20)11-12-35-4/h5-10,13,15,32H,11-12,14H2,1-4H3,(H,25,27)(H,26,29). The summed E-state index contributed by atoms with van der Waals surface area (Å²) in [5.74, 6) is 0.850. The van der Waals surface area contributed by atoms with E-state index >= 15 is 0 Å². The van der Waals surface area contributed by atoms with Gasteiger partial charge in [-0.15, -0.1) is 0 Å². The van der Waals surface area contributed by atoms with Crippen LogP contribution in [0.1, 0.15) is 11.4 Å². The number of ether oxygens (including phenoxy) is 1. The molecule has 4 rings (SSSR count). The summed E-state index contributed by atoms with van der Waals surface area (Å²) in [6, 6.07) is 12.1. The maximum absolute atomic E-state index is 13.3. The molecule has 2 heterocycles. The first-order chi connectivity index (χ1) is 17.2. The van der Waals surface area contributed by atoms with Crippen molar-refractivity contribution in [2.45, 2.75) is 18.0 Å². The molecule has 0 aliphatic carbocycles. The molecule has 0 spiro atoms. The lowest BCUT2D eigenvalue weighted by Crippen LogP contribution is -2.17. The Morgan fingerprint density at radius 1 is 1.06 bits per heavy atom. The molecular formula is C24H29N7O4S. The molecule has 12 heteroatoms. The molecule has 0 saturated heterocycles. The summed E-state index contributed by atoms with van der Waals surface area (Å²) in [6.07, 6.45) is 2.03. The zero-order valence-electron chi connectivity index (χ0n) is 20.6. The topological polar surface area (TPSA) is 134 Å². The zero-order chi connectivity index (χ0) is 25.9. The third kappa shape index (κ3) is 5.73. The van der Waals surface area contributed by atoms with Crippen LogP contribution in [0, 0.1) is 0 Å². The summed E-state index contributed by atoms with van der Waals surface area (Å²) in [4.78, 5) is 15.4. The summed E-state index contributed by atoms with van der Waals surface area (Å²) in [6.45, 7) is 0.952. The Labute approximate surface area is 209 Å². The Bertz CT molecular complexity index is 1490. The molecule has 0 aliphatic rings. The van der Waals surface area contributed by atoms with Crippen LogP contribution in [0.5, 0.6) is 5.75 Å². The number of methoxy groups -OCH3 is 1. The van der Waals surface area contributed by atoms with Crippen molar-refractivity contribution in [3.63, 3.8) is 0 Å². The SMILES string of the molecule is COCCc1ccc(O)cc1Nc1nc2ccccc2nc1NS(=O)(=O)c1cn(C)c(CN(C)C)n1. The maximum atomic E-state index is 13.3. The minimum absolute atomic E-state index is 0.00884. The van der Waals surface area contributed by atoms with E-state index in [1.54, 1.807) is 55.1 Å². The highest BCUT2D eigenvalue weighted by atomic mass is 32.2. The van der Waals surface area contributed by atoms with Gasteiger partial charge in [0.25, 0.3) is 10.0 Å². The van der Waals surface area contributed by atoms with E-state index in [2.05, 4.69) is 25.0 Å². The number of phenols is 1. The molecule has 0 amide bonds. The fourth-order valence-electron chi connectivity index (χ4n) is 3.61. The van der Waals surface area contributed by atoms with Crippen LogP contribution >= 0.6 is 0 Å². The Hall–Kier alpha value is -3.74. The van der Waals surface area contributed by atoms with E-state index in [4.69, 9.17) is 4.74 Å². The van der Waals surface area contributed by atoms with Gasteiger partial charge >= 0.3 is 0 Å². The van der Waals surface area contributed by atoms with Crippen molar-refractivity contribution in [2.75, 3.05) is 37.9 Å². The van der Waals surface area contributed by atoms with Crippen molar-refractivity contribution in [1.29, 1.82) is 0 Å². The van der Waals surface area contributed by atoms with Crippen molar-refractivity contribution < 1.29 is 18.3 Å². The number of aromatic nitrogens is 4. The lowest BCUT2D eigenvalue weighted by Gasteiger charge is -2.16. The van der Waals surface area contributed by atoms with E-state index in [1.807, 2.05) is 25.1 Å². The Morgan fingerprint density at radius 2 is 1.75 bits per heavy atom. The van der Waals surface area contributed by atoms with Crippen molar-refractivity contribution in [3.05, 3.63) is 60.0 Å². The van der Waals surface area contributed by atoms with Crippen molar-refractivity contribution in [1.82, 2.24) is 24.4 Å². The normalized spacial score (nSPS) is 11.8. The third-order valence-electron chi connectivity index (χ3n) is 5.41. The van der Waals surface area contributed by atoms with Crippen molar-refractivity contribution >= 4 is 38.4 Å². The van der Waals surface area contributed by atoms with Gasteiger partial charge in [-0.1, -0.05) is 18.2 Å².